The number of piperidine rings is 2. The number of imide groups is 1. The van der Waals surface area contributed by atoms with Gasteiger partial charge >= 0.3 is 0 Å². The van der Waals surface area contributed by atoms with Crippen LogP contribution in [-0.2, 0) is 29.2 Å². The number of amides is 3. The van der Waals surface area contributed by atoms with Gasteiger partial charge in [-0.05, 0) is 59.9 Å². The second-order valence-electron chi connectivity index (χ2n) is 10.7. The fourth-order valence-electron chi connectivity index (χ4n) is 5.87. The van der Waals surface area contributed by atoms with E-state index >= 15 is 0 Å². The predicted molar refractivity (Wildman–Crippen MR) is 148 cm³/mol. The van der Waals surface area contributed by atoms with Crippen molar-refractivity contribution in [2.24, 2.45) is 0 Å². The maximum atomic E-state index is 13.1. The van der Waals surface area contributed by atoms with Crippen molar-refractivity contribution in [3.05, 3.63) is 95.3 Å². The summed E-state index contributed by atoms with van der Waals surface area (Å²) in [6.45, 7) is 3.64. The fraction of sp³-hybridized carbons (Fsp3) is 0.355. The van der Waals surface area contributed by atoms with Crippen LogP contribution in [0, 0.1) is 0 Å². The number of pyridine rings is 1. The number of carbonyl (C=O) groups excluding carboxylic acids is 3. The topological polar surface area (TPSA) is 104 Å². The van der Waals surface area contributed by atoms with Crippen LogP contribution in [0.4, 0.5) is 0 Å². The molecule has 4 heterocycles. The third-order valence-electron chi connectivity index (χ3n) is 7.99. The molecule has 206 valence electrons. The summed E-state index contributed by atoms with van der Waals surface area (Å²) in [5.41, 5.74) is 3.86. The number of benzene rings is 2. The summed E-state index contributed by atoms with van der Waals surface area (Å²) in [4.78, 5) is 45.2. The van der Waals surface area contributed by atoms with Gasteiger partial charge in [0.15, 0.2) is 0 Å². The number of rotatable bonds is 8. The predicted octanol–water partition coefficient (Wildman–Crippen LogP) is 2.65. The molecular weight excluding hydrogens is 506 g/mol. The van der Waals surface area contributed by atoms with Gasteiger partial charge in [-0.15, -0.1) is 0 Å². The van der Waals surface area contributed by atoms with E-state index in [1.54, 1.807) is 23.4 Å². The zero-order valence-electron chi connectivity index (χ0n) is 22.3. The van der Waals surface area contributed by atoms with Crippen LogP contribution in [0.5, 0.6) is 5.75 Å². The van der Waals surface area contributed by atoms with Crippen LogP contribution in [0.3, 0.4) is 0 Å². The summed E-state index contributed by atoms with van der Waals surface area (Å²) < 4.78 is 6.63. The molecule has 40 heavy (non-hydrogen) atoms. The Morgan fingerprint density at radius 1 is 0.975 bits per heavy atom. The minimum Gasteiger partial charge on any atom is -0.487 e. The summed E-state index contributed by atoms with van der Waals surface area (Å²) in [5, 5.41) is 6.05. The Morgan fingerprint density at radius 2 is 1.80 bits per heavy atom. The molecule has 6 rings (SSSR count). The first-order valence-electron chi connectivity index (χ1n) is 13.9. The number of hydrogen-bond acceptors (Lipinski definition) is 7. The largest absolute Gasteiger partial charge is 0.487 e. The summed E-state index contributed by atoms with van der Waals surface area (Å²) >= 11 is 0. The molecule has 3 aliphatic rings. The highest BCUT2D eigenvalue weighted by Crippen LogP contribution is 2.31. The average Bonchev–Trinajstić information content (AvgIpc) is 3.29. The number of likely N-dealkylation sites (tertiary alicyclic amines) is 1. The van der Waals surface area contributed by atoms with Crippen molar-refractivity contribution < 1.29 is 19.1 Å². The lowest BCUT2D eigenvalue weighted by molar-refractivity contribution is -0.136. The molecule has 0 spiro atoms. The molecule has 2 fully saturated rings. The highest BCUT2D eigenvalue weighted by Gasteiger charge is 2.39. The smallest absolute Gasteiger partial charge is 0.255 e. The lowest BCUT2D eigenvalue weighted by atomic mass is 10.00. The Kier molecular flexibility index (Phi) is 7.57. The van der Waals surface area contributed by atoms with Gasteiger partial charge in [0, 0.05) is 63.1 Å². The van der Waals surface area contributed by atoms with Crippen LogP contribution in [0.2, 0.25) is 0 Å². The Bertz CT molecular complexity index is 1380. The molecule has 0 radical (unpaired) electrons. The number of nitrogens with one attached hydrogen (secondary N) is 2. The van der Waals surface area contributed by atoms with Crippen LogP contribution >= 0.6 is 0 Å². The SMILES string of the molecule is O=C1CCC(N2Cc3cc(OC4CN(Cc5ccccc5)CCC4NCc4ccncc4)ccc3C2=O)C(=O)N1. The molecule has 1 aromatic heterocycles. The van der Waals surface area contributed by atoms with Gasteiger partial charge in [0.25, 0.3) is 5.91 Å². The lowest BCUT2D eigenvalue weighted by Gasteiger charge is -2.39. The van der Waals surface area contributed by atoms with Gasteiger partial charge in [-0.1, -0.05) is 30.3 Å². The third kappa shape index (κ3) is 5.76. The van der Waals surface area contributed by atoms with Crippen molar-refractivity contribution in [3.63, 3.8) is 0 Å². The maximum absolute atomic E-state index is 13.1. The lowest BCUT2D eigenvalue weighted by Crippen LogP contribution is -2.54. The van der Waals surface area contributed by atoms with E-state index in [2.05, 4.69) is 44.8 Å². The van der Waals surface area contributed by atoms with Crippen molar-refractivity contribution >= 4 is 17.7 Å². The summed E-state index contributed by atoms with van der Waals surface area (Å²) in [6.07, 6.45) is 5.03. The maximum Gasteiger partial charge on any atom is 0.255 e. The van der Waals surface area contributed by atoms with Gasteiger partial charge in [0.05, 0.1) is 0 Å². The number of ether oxygens (including phenoxy) is 1. The second kappa shape index (κ2) is 11.6. The highest BCUT2D eigenvalue weighted by atomic mass is 16.5. The number of hydrogen-bond donors (Lipinski definition) is 2. The van der Waals surface area contributed by atoms with Gasteiger partial charge in [-0.25, -0.2) is 0 Å². The molecule has 9 heteroatoms. The molecule has 3 unspecified atom stereocenters. The highest BCUT2D eigenvalue weighted by molar-refractivity contribution is 6.05. The average molecular weight is 540 g/mol. The fourth-order valence-corrected chi connectivity index (χ4v) is 5.87. The normalized spacial score (nSPS) is 23.1. The number of aromatic nitrogens is 1. The van der Waals surface area contributed by atoms with E-state index in [1.807, 2.05) is 30.3 Å². The summed E-state index contributed by atoms with van der Waals surface area (Å²) in [7, 11) is 0. The monoisotopic (exact) mass is 539 g/mol. The van der Waals surface area contributed by atoms with Gasteiger partial charge in [0.2, 0.25) is 11.8 Å². The Labute approximate surface area is 233 Å². The van der Waals surface area contributed by atoms with E-state index in [1.165, 1.54) is 11.1 Å². The van der Waals surface area contributed by atoms with E-state index < -0.39 is 11.9 Å². The van der Waals surface area contributed by atoms with E-state index in [-0.39, 0.29) is 30.4 Å². The van der Waals surface area contributed by atoms with Crippen molar-refractivity contribution in [2.45, 2.75) is 57.1 Å². The first-order chi connectivity index (χ1) is 19.5. The number of nitrogens with zero attached hydrogens (tertiary/aromatic N) is 3. The molecule has 0 bridgehead atoms. The molecule has 2 N–H and O–H groups in total. The first kappa shape index (κ1) is 26.2. The first-order valence-corrected chi connectivity index (χ1v) is 13.9. The quantitative estimate of drug-likeness (QED) is 0.424. The molecule has 0 saturated carbocycles. The minimum atomic E-state index is -0.631. The molecule has 2 saturated heterocycles. The molecule has 3 amide bonds. The van der Waals surface area contributed by atoms with E-state index in [9.17, 15) is 14.4 Å². The van der Waals surface area contributed by atoms with Crippen molar-refractivity contribution in [1.29, 1.82) is 0 Å². The molecular formula is C31H33N5O4. The van der Waals surface area contributed by atoms with Crippen LogP contribution in [0.25, 0.3) is 0 Å². The second-order valence-corrected chi connectivity index (χ2v) is 10.7. The van der Waals surface area contributed by atoms with Gasteiger partial charge in [-0.3, -0.25) is 29.6 Å². The zero-order valence-corrected chi connectivity index (χ0v) is 22.3. The molecule has 2 aromatic carbocycles. The molecule has 0 aliphatic carbocycles. The third-order valence-corrected chi connectivity index (χ3v) is 7.99. The van der Waals surface area contributed by atoms with E-state index in [4.69, 9.17) is 4.74 Å². The minimum absolute atomic E-state index is 0.0966. The van der Waals surface area contributed by atoms with E-state index in [0.717, 1.165) is 38.2 Å². The Morgan fingerprint density at radius 3 is 2.60 bits per heavy atom. The van der Waals surface area contributed by atoms with Crippen LogP contribution < -0.4 is 15.4 Å². The van der Waals surface area contributed by atoms with Crippen LogP contribution in [-0.4, -0.2) is 63.8 Å². The Hall–Kier alpha value is -4.08. The van der Waals surface area contributed by atoms with Gasteiger partial charge in [0.1, 0.15) is 17.9 Å². The summed E-state index contributed by atoms with van der Waals surface area (Å²) in [6, 6.07) is 19.6. The van der Waals surface area contributed by atoms with Crippen molar-refractivity contribution in [2.75, 3.05) is 13.1 Å². The standard InChI is InChI=1S/C31H33N5O4/c37-29-9-8-27(30(38)34-29)36-19-23-16-24(6-7-25(23)31(36)39)40-28-20-35(18-22-4-2-1-3-5-22)15-12-26(28)33-17-21-10-13-32-14-11-21/h1-7,10-11,13-14,16,26-28,33H,8-9,12,15,17-20H2,(H,34,37,38). The van der Waals surface area contributed by atoms with E-state index in [0.29, 0.717) is 24.3 Å². The number of carbonyl (C=O) groups is 3. The molecule has 9 nitrogen and oxygen atoms in total. The Balaban J connectivity index is 1.17. The summed E-state index contributed by atoms with van der Waals surface area (Å²) in [5.74, 6) is -0.168. The van der Waals surface area contributed by atoms with Gasteiger partial charge in [-0.2, -0.15) is 0 Å². The van der Waals surface area contributed by atoms with Gasteiger partial charge < -0.3 is 15.0 Å². The van der Waals surface area contributed by atoms with Crippen molar-refractivity contribution in [3.8, 4) is 5.75 Å². The van der Waals surface area contributed by atoms with Crippen LogP contribution in [0.15, 0.2) is 73.1 Å². The molecule has 3 atom stereocenters. The molecule has 3 aliphatic heterocycles. The zero-order chi connectivity index (χ0) is 27.5. The number of fused-ring (bicyclic) bond motifs is 1. The van der Waals surface area contributed by atoms with Crippen molar-refractivity contribution in [1.82, 2.24) is 25.4 Å². The van der Waals surface area contributed by atoms with Crippen LogP contribution in [0.1, 0.15) is 46.3 Å². The molecule has 3 aromatic rings.